The molecule has 1 unspecified atom stereocenters. The molecule has 2 rings (SSSR count). The molecular weight excluding hydrogens is 443 g/mol. The predicted molar refractivity (Wildman–Crippen MR) is 101 cm³/mol. The highest BCUT2D eigenvalue weighted by Crippen LogP contribution is 2.33. The second-order valence-corrected chi connectivity index (χ2v) is 10.5. The fourth-order valence-electron chi connectivity index (χ4n) is 2.11. The summed E-state index contributed by atoms with van der Waals surface area (Å²) in [6.07, 6.45) is 4.00. The largest absolute Gasteiger partial charge is 0.492 e. The monoisotopic (exact) mass is 466 g/mol. The van der Waals surface area contributed by atoms with Crippen molar-refractivity contribution in [3.63, 3.8) is 0 Å². The van der Waals surface area contributed by atoms with E-state index in [-0.39, 0.29) is 29.8 Å². The lowest BCUT2D eigenvalue weighted by Gasteiger charge is -2.22. The molecule has 0 radical (unpaired) electrons. The van der Waals surface area contributed by atoms with Gasteiger partial charge in [-0.3, -0.25) is 4.40 Å². The first-order valence-electron chi connectivity index (χ1n) is 7.76. The van der Waals surface area contributed by atoms with Crippen molar-refractivity contribution in [2.75, 3.05) is 13.2 Å². The number of hydrogen-bond acceptors (Lipinski definition) is 5. The fourth-order valence-corrected chi connectivity index (χ4v) is 3.92. The first-order chi connectivity index (χ1) is 11.1. The average molecular weight is 466 g/mol. The maximum Gasteiger partial charge on any atom is 0.188 e. The summed E-state index contributed by atoms with van der Waals surface area (Å²) in [4.78, 5) is 4.41. The SMILES string of the molecule is CCC(CO)COc1cc2ncc(I)n2cc1S(=O)(=O)C(C)(C)C. The first kappa shape index (κ1) is 19.5. The molecule has 0 saturated carbocycles. The number of aromatic nitrogens is 2. The van der Waals surface area contributed by atoms with E-state index in [0.29, 0.717) is 5.65 Å². The molecule has 0 bridgehead atoms. The number of halogens is 1. The fraction of sp³-hybridized carbons (Fsp3) is 0.562. The Bertz CT molecular complexity index is 820. The van der Waals surface area contributed by atoms with Crippen LogP contribution in [0.1, 0.15) is 34.1 Å². The van der Waals surface area contributed by atoms with Gasteiger partial charge in [-0.15, -0.1) is 0 Å². The lowest BCUT2D eigenvalue weighted by Crippen LogP contribution is -2.29. The van der Waals surface area contributed by atoms with Gasteiger partial charge in [0.2, 0.25) is 0 Å². The zero-order valence-corrected chi connectivity index (χ0v) is 17.3. The van der Waals surface area contributed by atoms with Gasteiger partial charge in [0, 0.05) is 24.8 Å². The van der Waals surface area contributed by atoms with Gasteiger partial charge in [0.05, 0.1) is 17.6 Å². The molecule has 2 aromatic rings. The van der Waals surface area contributed by atoms with Gasteiger partial charge in [-0.1, -0.05) is 6.92 Å². The Morgan fingerprint density at radius 2 is 2.08 bits per heavy atom. The minimum absolute atomic E-state index is 0.00136. The Hall–Kier alpha value is -0.870. The van der Waals surface area contributed by atoms with Gasteiger partial charge < -0.3 is 9.84 Å². The highest BCUT2D eigenvalue weighted by atomic mass is 127. The molecule has 0 fully saturated rings. The third-order valence-electron chi connectivity index (χ3n) is 3.94. The smallest absolute Gasteiger partial charge is 0.188 e. The summed E-state index contributed by atoms with van der Waals surface area (Å²) < 4.78 is 33.3. The molecule has 0 aliphatic carbocycles. The molecule has 6 nitrogen and oxygen atoms in total. The molecule has 0 amide bonds. The average Bonchev–Trinajstić information content (AvgIpc) is 2.87. The van der Waals surface area contributed by atoms with E-state index in [9.17, 15) is 13.5 Å². The second kappa shape index (κ2) is 7.17. The summed E-state index contributed by atoms with van der Waals surface area (Å²) >= 11 is 2.11. The number of rotatable bonds is 6. The quantitative estimate of drug-likeness (QED) is 0.663. The maximum atomic E-state index is 13.0. The van der Waals surface area contributed by atoms with Gasteiger partial charge in [0.15, 0.2) is 9.84 Å². The molecule has 0 spiro atoms. The first-order valence-corrected chi connectivity index (χ1v) is 10.3. The molecule has 8 heteroatoms. The van der Waals surface area contributed by atoms with E-state index in [1.807, 2.05) is 6.92 Å². The Balaban J connectivity index is 2.57. The van der Waals surface area contributed by atoms with Crippen molar-refractivity contribution in [3.05, 3.63) is 22.2 Å². The van der Waals surface area contributed by atoms with E-state index in [1.165, 1.54) is 0 Å². The summed E-state index contributed by atoms with van der Waals surface area (Å²) in [7, 11) is -3.59. The summed E-state index contributed by atoms with van der Waals surface area (Å²) in [5.74, 6) is 0.248. The van der Waals surface area contributed by atoms with Gasteiger partial charge in [-0.25, -0.2) is 13.4 Å². The van der Waals surface area contributed by atoms with Crippen molar-refractivity contribution in [3.8, 4) is 5.75 Å². The third kappa shape index (κ3) is 3.70. The molecule has 0 aliphatic heterocycles. The molecular formula is C16H23IN2O4S. The van der Waals surface area contributed by atoms with Crippen LogP contribution < -0.4 is 4.74 Å². The van der Waals surface area contributed by atoms with E-state index < -0.39 is 14.6 Å². The molecule has 0 aliphatic rings. The van der Waals surface area contributed by atoms with E-state index >= 15 is 0 Å². The number of nitrogens with zero attached hydrogens (tertiary/aromatic N) is 2. The van der Waals surface area contributed by atoms with Crippen molar-refractivity contribution in [1.29, 1.82) is 0 Å². The van der Waals surface area contributed by atoms with E-state index in [0.717, 1.165) is 10.1 Å². The second-order valence-electron chi connectivity index (χ2n) is 6.69. The molecule has 24 heavy (non-hydrogen) atoms. The van der Waals surface area contributed by atoms with Gasteiger partial charge in [-0.05, 0) is 49.8 Å². The molecule has 0 aromatic carbocycles. The molecule has 134 valence electrons. The summed E-state index contributed by atoms with van der Waals surface area (Å²) in [5, 5.41) is 9.32. The number of sulfone groups is 1. The van der Waals surface area contributed by atoms with Crippen LogP contribution in [0.3, 0.4) is 0 Å². The van der Waals surface area contributed by atoms with E-state index in [1.54, 1.807) is 43.6 Å². The van der Waals surface area contributed by atoms with Crippen LogP contribution >= 0.6 is 22.6 Å². The minimum Gasteiger partial charge on any atom is -0.492 e. The zero-order chi connectivity index (χ0) is 18.1. The van der Waals surface area contributed by atoms with Gasteiger partial charge in [0.25, 0.3) is 0 Å². The van der Waals surface area contributed by atoms with Crippen LogP contribution in [0, 0.1) is 9.62 Å². The van der Waals surface area contributed by atoms with Crippen LogP contribution in [-0.4, -0.2) is 40.9 Å². The Morgan fingerprint density at radius 3 is 2.62 bits per heavy atom. The molecule has 1 atom stereocenters. The standard InChI is InChI=1S/C16H23IN2O4S/c1-5-11(9-20)10-23-12-6-15-18-7-14(17)19(15)8-13(12)24(21,22)16(2,3)4/h6-8,11,20H,5,9-10H2,1-4H3. The molecule has 2 heterocycles. The topological polar surface area (TPSA) is 80.9 Å². The van der Waals surface area contributed by atoms with Crippen molar-refractivity contribution in [1.82, 2.24) is 9.38 Å². The number of hydrogen-bond donors (Lipinski definition) is 1. The molecule has 0 saturated heterocycles. The molecule has 1 N–H and O–H groups in total. The zero-order valence-electron chi connectivity index (χ0n) is 14.3. The van der Waals surface area contributed by atoms with Crippen LogP contribution in [0.4, 0.5) is 0 Å². The Morgan fingerprint density at radius 1 is 1.42 bits per heavy atom. The maximum absolute atomic E-state index is 13.0. The highest BCUT2D eigenvalue weighted by molar-refractivity contribution is 14.1. The van der Waals surface area contributed by atoms with Crippen LogP contribution in [0.2, 0.25) is 0 Å². The van der Waals surface area contributed by atoms with Crippen LogP contribution in [0.25, 0.3) is 5.65 Å². The van der Waals surface area contributed by atoms with Crippen molar-refractivity contribution >= 4 is 38.1 Å². The number of aliphatic hydroxyl groups excluding tert-OH is 1. The number of fused-ring (bicyclic) bond motifs is 1. The molecule has 2 aromatic heterocycles. The van der Waals surface area contributed by atoms with Crippen LogP contribution in [0.5, 0.6) is 5.75 Å². The summed E-state index contributed by atoms with van der Waals surface area (Å²) in [6, 6.07) is 1.64. The van der Waals surface area contributed by atoms with E-state index in [4.69, 9.17) is 4.74 Å². The lowest BCUT2D eigenvalue weighted by molar-refractivity contribution is 0.157. The van der Waals surface area contributed by atoms with Gasteiger partial charge in [0.1, 0.15) is 20.0 Å². The number of pyridine rings is 1. The lowest BCUT2D eigenvalue weighted by atomic mass is 10.1. The van der Waals surface area contributed by atoms with Crippen LogP contribution in [0.15, 0.2) is 23.4 Å². The van der Waals surface area contributed by atoms with Gasteiger partial charge >= 0.3 is 0 Å². The van der Waals surface area contributed by atoms with Crippen molar-refractivity contribution in [2.24, 2.45) is 5.92 Å². The third-order valence-corrected chi connectivity index (χ3v) is 7.23. The van der Waals surface area contributed by atoms with Crippen molar-refractivity contribution < 1.29 is 18.3 Å². The van der Waals surface area contributed by atoms with Gasteiger partial charge in [-0.2, -0.15) is 0 Å². The predicted octanol–water partition coefficient (Wildman–Crippen LogP) is 2.91. The minimum atomic E-state index is -3.59. The van der Waals surface area contributed by atoms with Crippen LogP contribution in [-0.2, 0) is 9.84 Å². The highest BCUT2D eigenvalue weighted by Gasteiger charge is 2.34. The number of imidazole rings is 1. The number of aliphatic hydroxyl groups is 1. The number of ether oxygens (including phenoxy) is 1. The van der Waals surface area contributed by atoms with Crippen molar-refractivity contribution in [2.45, 2.75) is 43.8 Å². The summed E-state index contributed by atoms with van der Waals surface area (Å²) in [6.45, 7) is 7.21. The summed E-state index contributed by atoms with van der Waals surface area (Å²) in [5.41, 5.74) is 0.624. The Kier molecular flexibility index (Phi) is 5.81. The Labute approximate surface area is 156 Å². The normalized spacial score (nSPS) is 14.1. The van der Waals surface area contributed by atoms with E-state index in [2.05, 4.69) is 27.6 Å².